The third-order valence-electron chi connectivity index (χ3n) is 4.79. The summed E-state index contributed by atoms with van der Waals surface area (Å²) >= 11 is 0. The van der Waals surface area contributed by atoms with Crippen molar-refractivity contribution in [2.24, 2.45) is 0 Å². The smallest absolute Gasteiger partial charge is 0.352 e. The SMILES string of the molecule is Cc1nc2nc(C(F)(F)F)nn2c(C)c1CC(=O)NCc1cnn(-c2ccccc2)c1. The third-order valence-corrected chi connectivity index (χ3v) is 4.79. The second-order valence-corrected chi connectivity index (χ2v) is 6.99. The summed E-state index contributed by atoms with van der Waals surface area (Å²) < 4.78 is 41.4. The average Bonchev–Trinajstić information content (AvgIpc) is 3.37. The normalized spacial score (nSPS) is 11.8. The van der Waals surface area contributed by atoms with Gasteiger partial charge in [-0.1, -0.05) is 18.2 Å². The van der Waals surface area contributed by atoms with Crippen LogP contribution in [0.3, 0.4) is 0 Å². The van der Waals surface area contributed by atoms with Crippen LogP contribution in [0.2, 0.25) is 0 Å². The fourth-order valence-electron chi connectivity index (χ4n) is 3.18. The van der Waals surface area contributed by atoms with Gasteiger partial charge in [0.05, 0.1) is 18.3 Å². The summed E-state index contributed by atoms with van der Waals surface area (Å²) in [6.07, 6.45) is -1.25. The van der Waals surface area contributed by atoms with Crippen LogP contribution < -0.4 is 5.32 Å². The van der Waals surface area contributed by atoms with Crippen molar-refractivity contribution in [2.45, 2.75) is 33.0 Å². The summed E-state index contributed by atoms with van der Waals surface area (Å²) in [5.41, 5.74) is 3.03. The maximum Gasteiger partial charge on any atom is 0.453 e. The molecule has 3 heterocycles. The molecule has 0 bridgehead atoms. The van der Waals surface area contributed by atoms with Gasteiger partial charge in [-0.05, 0) is 26.0 Å². The maximum atomic E-state index is 12.9. The van der Waals surface area contributed by atoms with Crippen molar-refractivity contribution in [3.8, 4) is 5.69 Å². The van der Waals surface area contributed by atoms with Crippen LogP contribution in [0.15, 0.2) is 42.7 Å². The Morgan fingerprint density at radius 2 is 1.87 bits per heavy atom. The summed E-state index contributed by atoms with van der Waals surface area (Å²) in [4.78, 5) is 20.0. The number of carbonyl (C=O) groups is 1. The fraction of sp³-hybridized carbons (Fsp3) is 0.250. The molecule has 1 N–H and O–H groups in total. The Morgan fingerprint density at radius 3 is 2.58 bits per heavy atom. The lowest BCUT2D eigenvalue weighted by Gasteiger charge is -2.10. The number of nitrogens with zero attached hydrogens (tertiary/aromatic N) is 6. The summed E-state index contributed by atoms with van der Waals surface area (Å²) in [5, 5.41) is 10.6. The molecule has 0 atom stereocenters. The number of halogens is 3. The van der Waals surface area contributed by atoms with Gasteiger partial charge in [-0.2, -0.15) is 23.3 Å². The zero-order chi connectivity index (χ0) is 22.2. The molecule has 8 nitrogen and oxygen atoms in total. The standard InChI is InChI=1S/C20H18F3N7O/c1-12-16(13(2)30-19(26-12)27-18(28-30)20(21,22)23)8-17(31)24-9-14-10-25-29(11-14)15-6-4-3-5-7-15/h3-7,10-11H,8-9H2,1-2H3,(H,24,31). The highest BCUT2D eigenvalue weighted by Crippen LogP contribution is 2.27. The number of nitrogens with one attached hydrogen (secondary N) is 1. The molecule has 1 amide bonds. The molecule has 3 aromatic heterocycles. The largest absolute Gasteiger partial charge is 0.453 e. The quantitative estimate of drug-likeness (QED) is 0.527. The second-order valence-electron chi connectivity index (χ2n) is 6.99. The number of aromatic nitrogens is 6. The van der Waals surface area contributed by atoms with E-state index in [2.05, 4.69) is 25.5 Å². The molecule has 1 aromatic carbocycles. The van der Waals surface area contributed by atoms with Gasteiger partial charge in [-0.25, -0.2) is 14.2 Å². The zero-order valence-corrected chi connectivity index (χ0v) is 16.7. The molecule has 0 saturated carbocycles. The Hall–Kier alpha value is -3.76. The maximum absolute atomic E-state index is 12.9. The van der Waals surface area contributed by atoms with Crippen LogP contribution >= 0.6 is 0 Å². The lowest BCUT2D eigenvalue weighted by molar-refractivity contribution is -0.144. The van der Waals surface area contributed by atoms with Crippen LogP contribution in [0, 0.1) is 13.8 Å². The van der Waals surface area contributed by atoms with Crippen LogP contribution in [0.4, 0.5) is 13.2 Å². The van der Waals surface area contributed by atoms with E-state index in [9.17, 15) is 18.0 Å². The van der Waals surface area contributed by atoms with Gasteiger partial charge >= 0.3 is 6.18 Å². The second kappa shape index (κ2) is 7.82. The van der Waals surface area contributed by atoms with E-state index in [-0.39, 0.29) is 24.7 Å². The van der Waals surface area contributed by atoms with E-state index in [0.29, 0.717) is 17.0 Å². The molecule has 0 aliphatic rings. The van der Waals surface area contributed by atoms with Crippen molar-refractivity contribution in [3.05, 3.63) is 71.1 Å². The van der Waals surface area contributed by atoms with Crippen molar-refractivity contribution < 1.29 is 18.0 Å². The average molecular weight is 429 g/mol. The first-order valence-electron chi connectivity index (χ1n) is 9.38. The predicted molar refractivity (Wildman–Crippen MR) is 104 cm³/mol. The van der Waals surface area contributed by atoms with E-state index >= 15 is 0 Å². The molecule has 0 radical (unpaired) electrons. The predicted octanol–water partition coefficient (Wildman–Crippen LogP) is 2.80. The van der Waals surface area contributed by atoms with Crippen LogP contribution in [-0.2, 0) is 23.9 Å². The van der Waals surface area contributed by atoms with Crippen LogP contribution in [-0.4, -0.2) is 35.3 Å². The number of hydrogen-bond acceptors (Lipinski definition) is 5. The molecule has 4 aromatic rings. The fourth-order valence-corrected chi connectivity index (χ4v) is 3.18. The molecule has 4 rings (SSSR count). The number of carbonyl (C=O) groups excluding carboxylic acids is 1. The number of alkyl halides is 3. The minimum atomic E-state index is -4.67. The number of para-hydroxylation sites is 1. The first-order chi connectivity index (χ1) is 14.7. The van der Waals surface area contributed by atoms with Gasteiger partial charge in [0.25, 0.3) is 11.6 Å². The van der Waals surface area contributed by atoms with Crippen molar-refractivity contribution in [3.63, 3.8) is 0 Å². The van der Waals surface area contributed by atoms with Gasteiger partial charge in [0.1, 0.15) is 0 Å². The van der Waals surface area contributed by atoms with Crippen molar-refractivity contribution in [1.29, 1.82) is 0 Å². The molecule has 160 valence electrons. The summed E-state index contributed by atoms with van der Waals surface area (Å²) in [6, 6.07) is 9.55. The van der Waals surface area contributed by atoms with Crippen molar-refractivity contribution in [1.82, 2.24) is 34.7 Å². The van der Waals surface area contributed by atoms with Crippen LogP contribution in [0.5, 0.6) is 0 Å². The summed E-state index contributed by atoms with van der Waals surface area (Å²) in [6.45, 7) is 3.48. The first kappa shape index (κ1) is 20.5. The highest BCUT2D eigenvalue weighted by molar-refractivity contribution is 5.79. The Balaban J connectivity index is 1.47. The van der Waals surface area contributed by atoms with Gasteiger partial charge < -0.3 is 5.32 Å². The van der Waals surface area contributed by atoms with Gasteiger partial charge in [-0.3, -0.25) is 4.79 Å². The lowest BCUT2D eigenvalue weighted by atomic mass is 10.1. The molecule has 0 spiro atoms. The molecule has 0 aliphatic carbocycles. The molecule has 0 fully saturated rings. The number of rotatable bonds is 5. The lowest BCUT2D eigenvalue weighted by Crippen LogP contribution is -2.25. The van der Waals surface area contributed by atoms with Crippen LogP contribution in [0.1, 0.15) is 28.3 Å². The monoisotopic (exact) mass is 429 g/mol. The van der Waals surface area contributed by atoms with Crippen molar-refractivity contribution in [2.75, 3.05) is 0 Å². The minimum Gasteiger partial charge on any atom is -0.352 e. The topological polar surface area (TPSA) is 90.0 Å². The number of aryl methyl sites for hydroxylation is 2. The van der Waals surface area contributed by atoms with E-state index in [0.717, 1.165) is 15.8 Å². The Bertz CT molecular complexity index is 1250. The van der Waals surface area contributed by atoms with Gasteiger partial charge in [0.15, 0.2) is 0 Å². The summed E-state index contributed by atoms with van der Waals surface area (Å²) in [5.74, 6) is -1.71. The number of fused-ring (bicyclic) bond motifs is 1. The highest BCUT2D eigenvalue weighted by Gasteiger charge is 2.37. The van der Waals surface area contributed by atoms with E-state index in [1.54, 1.807) is 24.7 Å². The highest BCUT2D eigenvalue weighted by atomic mass is 19.4. The van der Waals surface area contributed by atoms with E-state index < -0.39 is 12.0 Å². The van der Waals surface area contributed by atoms with Gasteiger partial charge in [0.2, 0.25) is 5.91 Å². The molecule has 0 unspecified atom stereocenters. The number of benzene rings is 1. The third kappa shape index (κ3) is 4.25. The summed E-state index contributed by atoms with van der Waals surface area (Å²) in [7, 11) is 0. The van der Waals surface area contributed by atoms with E-state index in [1.807, 2.05) is 36.5 Å². The number of amides is 1. The zero-order valence-electron chi connectivity index (χ0n) is 16.7. The number of hydrogen-bond donors (Lipinski definition) is 1. The van der Waals surface area contributed by atoms with Gasteiger partial charge in [-0.15, -0.1) is 5.10 Å². The Labute approximate surface area is 174 Å². The molecular weight excluding hydrogens is 411 g/mol. The van der Waals surface area contributed by atoms with Crippen molar-refractivity contribution >= 4 is 11.7 Å². The van der Waals surface area contributed by atoms with E-state index in [1.165, 1.54) is 0 Å². The Morgan fingerprint density at radius 1 is 1.13 bits per heavy atom. The van der Waals surface area contributed by atoms with E-state index in [4.69, 9.17) is 0 Å². The van der Waals surface area contributed by atoms with Crippen LogP contribution in [0.25, 0.3) is 11.5 Å². The first-order valence-corrected chi connectivity index (χ1v) is 9.38. The molecule has 0 aliphatic heterocycles. The molecule has 0 saturated heterocycles. The Kier molecular flexibility index (Phi) is 5.17. The van der Waals surface area contributed by atoms with Gasteiger partial charge in [0, 0.05) is 35.3 Å². The minimum absolute atomic E-state index is 0.0470. The molecule has 31 heavy (non-hydrogen) atoms. The molecular formula is C20H18F3N7O. The molecule has 11 heteroatoms.